The lowest BCUT2D eigenvalue weighted by atomic mass is 9.96. The van der Waals surface area contributed by atoms with Crippen LogP contribution < -0.4 is 5.32 Å². The van der Waals surface area contributed by atoms with E-state index in [9.17, 15) is 14.4 Å². The third-order valence-corrected chi connectivity index (χ3v) is 6.24. The van der Waals surface area contributed by atoms with E-state index in [0.29, 0.717) is 13.1 Å². The molecule has 162 valence electrons. The van der Waals surface area contributed by atoms with E-state index in [2.05, 4.69) is 29.4 Å². The summed E-state index contributed by atoms with van der Waals surface area (Å²) < 4.78 is 0. The first kappa shape index (κ1) is 21.0. The van der Waals surface area contributed by atoms with Crippen LogP contribution >= 0.6 is 0 Å². The van der Waals surface area contributed by atoms with Crippen LogP contribution in [0.3, 0.4) is 0 Å². The SMILES string of the molecule is CCc1ccc(CN(Cc2cccnc2)C(=O)CN2C(=O)N[C@@](C)(C3CC3)C2=O)cc1. The number of benzene rings is 1. The van der Waals surface area contributed by atoms with Crippen LogP contribution in [0, 0.1) is 5.92 Å². The smallest absolute Gasteiger partial charge is 0.325 e. The molecule has 0 unspecified atom stereocenters. The highest BCUT2D eigenvalue weighted by Gasteiger charge is 2.56. The average Bonchev–Trinajstić information content (AvgIpc) is 3.60. The molecule has 4 amide bonds. The third kappa shape index (κ3) is 4.45. The summed E-state index contributed by atoms with van der Waals surface area (Å²) in [4.78, 5) is 45.5. The van der Waals surface area contributed by atoms with Gasteiger partial charge >= 0.3 is 6.03 Å². The van der Waals surface area contributed by atoms with E-state index >= 15 is 0 Å². The maximum Gasteiger partial charge on any atom is 0.325 e. The van der Waals surface area contributed by atoms with Crippen LogP contribution in [0.5, 0.6) is 0 Å². The normalized spacial score (nSPS) is 20.6. The molecule has 2 aliphatic rings. The Labute approximate surface area is 182 Å². The van der Waals surface area contributed by atoms with Gasteiger partial charge in [-0.15, -0.1) is 0 Å². The molecule has 0 spiro atoms. The number of amides is 4. The van der Waals surface area contributed by atoms with Gasteiger partial charge in [-0.1, -0.05) is 37.3 Å². The van der Waals surface area contributed by atoms with Crippen molar-refractivity contribution in [3.05, 3.63) is 65.5 Å². The number of nitrogens with zero attached hydrogens (tertiary/aromatic N) is 3. The van der Waals surface area contributed by atoms with Gasteiger partial charge in [-0.05, 0) is 54.9 Å². The van der Waals surface area contributed by atoms with Crippen molar-refractivity contribution >= 4 is 17.8 Å². The number of hydrogen-bond acceptors (Lipinski definition) is 4. The highest BCUT2D eigenvalue weighted by atomic mass is 16.2. The number of aromatic nitrogens is 1. The van der Waals surface area contributed by atoms with Crippen molar-refractivity contribution in [3.63, 3.8) is 0 Å². The summed E-state index contributed by atoms with van der Waals surface area (Å²) in [5.74, 6) is -0.415. The fourth-order valence-electron chi connectivity index (χ4n) is 4.08. The zero-order valence-corrected chi connectivity index (χ0v) is 18.0. The standard InChI is InChI=1S/C24H28N4O3/c1-3-17-6-8-18(9-7-17)14-27(15-19-5-4-12-25-13-19)21(29)16-28-22(30)24(2,20-10-11-20)26-23(28)31/h4-9,12-13,20H,3,10-11,14-16H2,1-2H3,(H,26,31)/t24-/m0/s1. The van der Waals surface area contributed by atoms with E-state index in [1.165, 1.54) is 5.56 Å². The van der Waals surface area contributed by atoms with Crippen molar-refractivity contribution in [1.82, 2.24) is 20.1 Å². The summed E-state index contributed by atoms with van der Waals surface area (Å²) in [6.45, 7) is 4.34. The van der Waals surface area contributed by atoms with E-state index < -0.39 is 11.6 Å². The predicted molar refractivity (Wildman–Crippen MR) is 116 cm³/mol. The number of aryl methyl sites for hydroxylation is 1. The van der Waals surface area contributed by atoms with E-state index in [1.54, 1.807) is 24.2 Å². The van der Waals surface area contributed by atoms with Crippen LogP contribution in [-0.4, -0.2) is 44.7 Å². The first-order valence-corrected chi connectivity index (χ1v) is 10.8. The van der Waals surface area contributed by atoms with E-state index in [4.69, 9.17) is 0 Å². The minimum atomic E-state index is -0.887. The van der Waals surface area contributed by atoms with Crippen molar-refractivity contribution in [2.75, 3.05) is 6.54 Å². The topological polar surface area (TPSA) is 82.6 Å². The largest absolute Gasteiger partial charge is 0.332 e. The van der Waals surface area contributed by atoms with Crippen LogP contribution in [0.2, 0.25) is 0 Å². The fourth-order valence-corrected chi connectivity index (χ4v) is 4.08. The molecule has 2 heterocycles. The van der Waals surface area contributed by atoms with Crippen molar-refractivity contribution in [2.24, 2.45) is 5.92 Å². The number of carbonyl (C=O) groups excluding carboxylic acids is 3. The molecular weight excluding hydrogens is 392 g/mol. The Morgan fingerprint density at radius 3 is 2.42 bits per heavy atom. The number of pyridine rings is 1. The predicted octanol–water partition coefficient (Wildman–Crippen LogP) is 2.89. The van der Waals surface area contributed by atoms with Gasteiger partial charge in [0.25, 0.3) is 5.91 Å². The monoisotopic (exact) mass is 420 g/mol. The van der Waals surface area contributed by atoms with Crippen LogP contribution in [0.25, 0.3) is 0 Å². The lowest BCUT2D eigenvalue weighted by molar-refractivity contribution is -0.139. The van der Waals surface area contributed by atoms with Crippen molar-refractivity contribution in [1.29, 1.82) is 0 Å². The zero-order chi connectivity index (χ0) is 22.0. The maximum atomic E-state index is 13.3. The van der Waals surface area contributed by atoms with Gasteiger partial charge in [-0.25, -0.2) is 4.79 Å². The van der Waals surface area contributed by atoms with Crippen LogP contribution in [0.15, 0.2) is 48.8 Å². The van der Waals surface area contributed by atoms with Gasteiger partial charge in [0.1, 0.15) is 12.1 Å². The molecule has 2 fully saturated rings. The minimum absolute atomic E-state index is 0.160. The molecule has 7 nitrogen and oxygen atoms in total. The summed E-state index contributed by atoms with van der Waals surface area (Å²) in [5, 5.41) is 2.81. The Balaban J connectivity index is 1.51. The minimum Gasteiger partial charge on any atom is -0.332 e. The Hall–Kier alpha value is -3.22. The van der Waals surface area contributed by atoms with Gasteiger partial charge in [0.15, 0.2) is 0 Å². The number of carbonyl (C=O) groups is 3. The number of imide groups is 1. The summed E-state index contributed by atoms with van der Waals surface area (Å²) >= 11 is 0. The Kier molecular flexibility index (Phi) is 5.76. The molecule has 1 saturated carbocycles. The Morgan fingerprint density at radius 2 is 1.81 bits per heavy atom. The first-order chi connectivity index (χ1) is 14.9. The molecule has 7 heteroatoms. The van der Waals surface area contributed by atoms with E-state index in [1.807, 2.05) is 24.3 Å². The summed E-state index contributed by atoms with van der Waals surface area (Å²) in [6, 6.07) is 11.4. The number of urea groups is 1. The van der Waals surface area contributed by atoms with Crippen LogP contribution in [0.1, 0.15) is 43.4 Å². The lowest BCUT2D eigenvalue weighted by Gasteiger charge is -2.25. The van der Waals surface area contributed by atoms with Gasteiger partial charge < -0.3 is 10.2 Å². The van der Waals surface area contributed by atoms with Crippen molar-refractivity contribution in [3.8, 4) is 0 Å². The molecular formula is C24H28N4O3. The third-order valence-electron chi connectivity index (χ3n) is 6.24. The average molecular weight is 421 g/mol. The molecule has 4 rings (SSSR count). The van der Waals surface area contributed by atoms with E-state index in [0.717, 1.165) is 35.3 Å². The highest BCUT2D eigenvalue weighted by molar-refractivity contribution is 6.09. The second kappa shape index (κ2) is 8.49. The molecule has 1 N–H and O–H groups in total. The molecule has 31 heavy (non-hydrogen) atoms. The zero-order valence-electron chi connectivity index (χ0n) is 18.0. The molecule has 1 aliphatic heterocycles. The Bertz CT molecular complexity index is 972. The molecule has 1 saturated heterocycles. The quantitative estimate of drug-likeness (QED) is 0.666. The van der Waals surface area contributed by atoms with Crippen LogP contribution in [0.4, 0.5) is 4.79 Å². The summed E-state index contributed by atoms with van der Waals surface area (Å²) in [6.07, 6.45) is 6.20. The van der Waals surface area contributed by atoms with Crippen LogP contribution in [-0.2, 0) is 29.1 Å². The summed E-state index contributed by atoms with van der Waals surface area (Å²) in [7, 11) is 0. The molecule has 2 aromatic rings. The summed E-state index contributed by atoms with van der Waals surface area (Å²) in [5.41, 5.74) is 2.23. The van der Waals surface area contributed by atoms with Crippen molar-refractivity contribution in [2.45, 2.75) is 51.7 Å². The van der Waals surface area contributed by atoms with Gasteiger partial charge in [-0.3, -0.25) is 19.5 Å². The van der Waals surface area contributed by atoms with Gasteiger partial charge in [-0.2, -0.15) is 0 Å². The molecule has 1 atom stereocenters. The van der Waals surface area contributed by atoms with E-state index in [-0.39, 0.29) is 24.3 Å². The van der Waals surface area contributed by atoms with Gasteiger partial charge in [0, 0.05) is 25.5 Å². The molecule has 0 bridgehead atoms. The molecule has 1 aromatic heterocycles. The first-order valence-electron chi connectivity index (χ1n) is 10.8. The molecule has 0 radical (unpaired) electrons. The second-order valence-corrected chi connectivity index (χ2v) is 8.58. The number of rotatable bonds is 8. The second-order valence-electron chi connectivity index (χ2n) is 8.58. The maximum absolute atomic E-state index is 13.3. The number of nitrogens with one attached hydrogen (secondary N) is 1. The molecule has 1 aliphatic carbocycles. The van der Waals surface area contributed by atoms with Gasteiger partial charge in [0.2, 0.25) is 5.91 Å². The Morgan fingerprint density at radius 1 is 1.13 bits per heavy atom. The van der Waals surface area contributed by atoms with Crippen molar-refractivity contribution < 1.29 is 14.4 Å². The lowest BCUT2D eigenvalue weighted by Crippen LogP contribution is -2.47. The molecule has 1 aromatic carbocycles. The fraction of sp³-hybridized carbons (Fsp3) is 0.417. The highest BCUT2D eigenvalue weighted by Crippen LogP contribution is 2.42. The van der Waals surface area contributed by atoms with Gasteiger partial charge in [0.05, 0.1) is 0 Å². The number of hydrogen-bond donors (Lipinski definition) is 1.